The standard InChI is InChI=1S/C16H27NO3/c18-15(10-12-6-2-1-3-7-12)17-11-13-8-4-5-9-14(13)16(19)20/h12-14H,1-11H2,(H,17,18)(H,19,20). The summed E-state index contributed by atoms with van der Waals surface area (Å²) in [6.45, 7) is 0.544. The van der Waals surface area contributed by atoms with Gasteiger partial charge in [-0.3, -0.25) is 9.59 Å². The average Bonchev–Trinajstić information content (AvgIpc) is 2.46. The molecule has 2 saturated carbocycles. The fourth-order valence-electron chi connectivity index (χ4n) is 3.75. The number of rotatable bonds is 5. The van der Waals surface area contributed by atoms with E-state index in [1.54, 1.807) is 0 Å². The van der Waals surface area contributed by atoms with Crippen molar-refractivity contribution in [3.63, 3.8) is 0 Å². The molecule has 0 aromatic rings. The van der Waals surface area contributed by atoms with Crippen LogP contribution in [0.15, 0.2) is 0 Å². The van der Waals surface area contributed by atoms with Gasteiger partial charge < -0.3 is 10.4 Å². The Morgan fingerprint density at radius 1 is 0.950 bits per heavy atom. The number of hydrogen-bond donors (Lipinski definition) is 2. The highest BCUT2D eigenvalue weighted by Gasteiger charge is 2.30. The van der Waals surface area contributed by atoms with Crippen LogP contribution in [0.1, 0.15) is 64.2 Å². The summed E-state index contributed by atoms with van der Waals surface area (Å²) >= 11 is 0. The Labute approximate surface area is 121 Å². The van der Waals surface area contributed by atoms with Crippen LogP contribution in [0, 0.1) is 17.8 Å². The van der Waals surface area contributed by atoms with Crippen molar-refractivity contribution in [2.75, 3.05) is 6.54 Å². The molecular formula is C16H27NO3. The molecule has 20 heavy (non-hydrogen) atoms. The van der Waals surface area contributed by atoms with E-state index in [0.29, 0.717) is 18.9 Å². The van der Waals surface area contributed by atoms with E-state index in [9.17, 15) is 14.7 Å². The summed E-state index contributed by atoms with van der Waals surface area (Å²) in [7, 11) is 0. The molecule has 0 saturated heterocycles. The van der Waals surface area contributed by atoms with Crippen LogP contribution in [0.25, 0.3) is 0 Å². The Morgan fingerprint density at radius 2 is 1.60 bits per heavy atom. The zero-order valence-electron chi connectivity index (χ0n) is 12.3. The normalized spacial score (nSPS) is 28.0. The molecule has 0 radical (unpaired) electrons. The summed E-state index contributed by atoms with van der Waals surface area (Å²) in [5.41, 5.74) is 0. The summed E-state index contributed by atoms with van der Waals surface area (Å²) in [4.78, 5) is 23.2. The highest BCUT2D eigenvalue weighted by atomic mass is 16.4. The molecule has 0 aromatic carbocycles. The van der Waals surface area contributed by atoms with Crippen molar-refractivity contribution in [1.82, 2.24) is 5.32 Å². The molecule has 2 aliphatic carbocycles. The van der Waals surface area contributed by atoms with Crippen LogP contribution in [0.3, 0.4) is 0 Å². The second kappa shape index (κ2) is 7.65. The molecule has 114 valence electrons. The van der Waals surface area contributed by atoms with Gasteiger partial charge in [-0.05, 0) is 37.5 Å². The van der Waals surface area contributed by atoms with Crippen molar-refractivity contribution < 1.29 is 14.7 Å². The number of amides is 1. The number of nitrogens with one attached hydrogen (secondary N) is 1. The van der Waals surface area contributed by atoms with E-state index in [2.05, 4.69) is 5.32 Å². The maximum absolute atomic E-state index is 12.0. The number of carbonyl (C=O) groups excluding carboxylic acids is 1. The maximum atomic E-state index is 12.0. The molecule has 0 heterocycles. The van der Waals surface area contributed by atoms with Crippen molar-refractivity contribution >= 4 is 11.9 Å². The van der Waals surface area contributed by atoms with Gasteiger partial charge in [-0.1, -0.05) is 32.1 Å². The Kier molecular flexibility index (Phi) is 5.86. The van der Waals surface area contributed by atoms with Crippen LogP contribution < -0.4 is 5.32 Å². The highest BCUT2D eigenvalue weighted by molar-refractivity contribution is 5.76. The topological polar surface area (TPSA) is 66.4 Å². The van der Waals surface area contributed by atoms with E-state index in [4.69, 9.17) is 0 Å². The molecule has 4 heteroatoms. The minimum atomic E-state index is -0.698. The number of carbonyl (C=O) groups is 2. The van der Waals surface area contributed by atoms with Gasteiger partial charge in [0.15, 0.2) is 0 Å². The predicted molar refractivity (Wildman–Crippen MR) is 77.3 cm³/mol. The van der Waals surface area contributed by atoms with Gasteiger partial charge in [0.2, 0.25) is 5.91 Å². The van der Waals surface area contributed by atoms with Crippen LogP contribution in [0.4, 0.5) is 0 Å². The summed E-state index contributed by atoms with van der Waals surface area (Å²) in [5, 5.41) is 12.2. The van der Waals surface area contributed by atoms with Crippen molar-refractivity contribution in [3.8, 4) is 0 Å². The monoisotopic (exact) mass is 281 g/mol. The summed E-state index contributed by atoms with van der Waals surface area (Å²) in [5.74, 6) is -0.177. The molecule has 0 aromatic heterocycles. The number of aliphatic carboxylic acids is 1. The van der Waals surface area contributed by atoms with E-state index in [1.807, 2.05) is 0 Å². The lowest BCUT2D eigenvalue weighted by Gasteiger charge is -2.29. The van der Waals surface area contributed by atoms with E-state index in [-0.39, 0.29) is 17.7 Å². The minimum absolute atomic E-state index is 0.117. The molecule has 2 rings (SSSR count). The first-order valence-corrected chi connectivity index (χ1v) is 8.16. The molecule has 2 unspecified atom stereocenters. The predicted octanol–water partition coefficient (Wildman–Crippen LogP) is 2.96. The van der Waals surface area contributed by atoms with E-state index in [1.165, 1.54) is 32.1 Å². The van der Waals surface area contributed by atoms with Gasteiger partial charge in [-0.15, -0.1) is 0 Å². The third kappa shape index (κ3) is 4.50. The molecule has 2 fully saturated rings. The molecule has 4 nitrogen and oxygen atoms in total. The fraction of sp³-hybridized carbons (Fsp3) is 0.875. The molecule has 0 spiro atoms. The fourth-order valence-corrected chi connectivity index (χ4v) is 3.75. The van der Waals surface area contributed by atoms with Crippen molar-refractivity contribution in [3.05, 3.63) is 0 Å². The zero-order valence-corrected chi connectivity index (χ0v) is 12.3. The second-order valence-corrected chi connectivity index (χ2v) is 6.50. The number of carboxylic acid groups (broad SMARTS) is 1. The van der Waals surface area contributed by atoms with Gasteiger partial charge in [0.05, 0.1) is 5.92 Å². The molecule has 2 N–H and O–H groups in total. The van der Waals surface area contributed by atoms with Gasteiger partial charge in [0, 0.05) is 13.0 Å². The van der Waals surface area contributed by atoms with E-state index in [0.717, 1.165) is 25.7 Å². The Hall–Kier alpha value is -1.06. The second-order valence-electron chi connectivity index (χ2n) is 6.50. The Morgan fingerprint density at radius 3 is 2.30 bits per heavy atom. The van der Waals surface area contributed by atoms with Crippen LogP contribution in [0.2, 0.25) is 0 Å². The quantitative estimate of drug-likeness (QED) is 0.814. The lowest BCUT2D eigenvalue weighted by molar-refractivity contribution is -0.145. The van der Waals surface area contributed by atoms with Gasteiger partial charge in [-0.2, -0.15) is 0 Å². The molecular weight excluding hydrogens is 254 g/mol. The van der Waals surface area contributed by atoms with Gasteiger partial charge >= 0.3 is 5.97 Å². The highest BCUT2D eigenvalue weighted by Crippen LogP contribution is 2.30. The summed E-state index contributed by atoms with van der Waals surface area (Å²) in [6.07, 6.45) is 10.6. The van der Waals surface area contributed by atoms with Crippen LogP contribution >= 0.6 is 0 Å². The number of hydrogen-bond acceptors (Lipinski definition) is 2. The molecule has 0 bridgehead atoms. The third-order valence-corrected chi connectivity index (χ3v) is 4.99. The first-order valence-electron chi connectivity index (χ1n) is 8.16. The lowest BCUT2D eigenvalue weighted by atomic mass is 9.79. The third-order valence-electron chi connectivity index (χ3n) is 4.99. The van der Waals surface area contributed by atoms with Crippen LogP contribution in [-0.4, -0.2) is 23.5 Å². The zero-order chi connectivity index (χ0) is 14.4. The van der Waals surface area contributed by atoms with Gasteiger partial charge in [0.25, 0.3) is 0 Å². The molecule has 2 atom stereocenters. The largest absolute Gasteiger partial charge is 0.481 e. The Bertz CT molecular complexity index is 337. The van der Waals surface area contributed by atoms with Crippen molar-refractivity contribution in [2.45, 2.75) is 64.2 Å². The Balaban J connectivity index is 1.72. The maximum Gasteiger partial charge on any atom is 0.306 e. The van der Waals surface area contributed by atoms with Gasteiger partial charge in [-0.25, -0.2) is 0 Å². The van der Waals surface area contributed by atoms with E-state index >= 15 is 0 Å². The van der Waals surface area contributed by atoms with E-state index < -0.39 is 5.97 Å². The van der Waals surface area contributed by atoms with Crippen LogP contribution in [0.5, 0.6) is 0 Å². The summed E-state index contributed by atoms with van der Waals surface area (Å²) in [6, 6.07) is 0. The van der Waals surface area contributed by atoms with Crippen molar-refractivity contribution in [1.29, 1.82) is 0 Å². The average molecular weight is 281 g/mol. The summed E-state index contributed by atoms with van der Waals surface area (Å²) < 4.78 is 0. The van der Waals surface area contributed by atoms with Crippen LogP contribution in [-0.2, 0) is 9.59 Å². The lowest BCUT2D eigenvalue weighted by Crippen LogP contribution is -2.37. The molecule has 0 aliphatic heterocycles. The first-order chi connectivity index (χ1) is 9.66. The molecule has 1 amide bonds. The smallest absolute Gasteiger partial charge is 0.306 e. The SMILES string of the molecule is O=C(CC1CCCCC1)NCC1CCCCC1C(=O)O. The molecule has 2 aliphatic rings. The van der Waals surface area contributed by atoms with Crippen molar-refractivity contribution in [2.24, 2.45) is 17.8 Å². The minimum Gasteiger partial charge on any atom is -0.481 e. The first kappa shape index (κ1) is 15.3. The van der Waals surface area contributed by atoms with Gasteiger partial charge in [0.1, 0.15) is 0 Å². The number of carboxylic acids is 1.